The number of hydrogen-bond donors (Lipinski definition) is 2. The van der Waals surface area contributed by atoms with Crippen molar-refractivity contribution in [1.82, 2.24) is 9.88 Å². The van der Waals surface area contributed by atoms with E-state index in [1.54, 1.807) is 51.0 Å². The predicted octanol–water partition coefficient (Wildman–Crippen LogP) is 4.22. The lowest BCUT2D eigenvalue weighted by Crippen LogP contribution is -2.48. The molecule has 1 amide bonds. The average molecular weight is 519 g/mol. The van der Waals surface area contributed by atoms with Gasteiger partial charge in [0, 0.05) is 24.3 Å². The number of carbonyl (C=O) groups is 3. The summed E-state index contributed by atoms with van der Waals surface area (Å²) in [5.41, 5.74) is 0.536. The molecule has 8 heteroatoms. The molecule has 0 aliphatic carbocycles. The maximum atomic E-state index is 13.3. The molecule has 6 atom stereocenters. The van der Waals surface area contributed by atoms with Crippen LogP contribution in [0.4, 0.5) is 0 Å². The number of aromatic nitrogens is 1. The normalized spacial score (nSPS) is 32.6. The minimum atomic E-state index is -1.28. The van der Waals surface area contributed by atoms with Gasteiger partial charge < -0.3 is 15.1 Å². The van der Waals surface area contributed by atoms with Gasteiger partial charge in [-0.2, -0.15) is 0 Å². The number of aliphatic hydroxyl groups is 2. The molecule has 0 radical (unpaired) electrons. The first-order valence-electron chi connectivity index (χ1n) is 12.6. The van der Waals surface area contributed by atoms with Crippen LogP contribution in [0.25, 0.3) is 6.08 Å². The zero-order valence-corrected chi connectivity index (χ0v) is 23.6. The molecule has 0 bridgehead atoms. The lowest BCUT2D eigenvalue weighted by Gasteiger charge is -2.36. The molecule has 1 aliphatic heterocycles. The van der Waals surface area contributed by atoms with E-state index in [1.165, 1.54) is 6.08 Å². The van der Waals surface area contributed by atoms with Crippen LogP contribution in [-0.4, -0.2) is 62.9 Å². The topological polar surface area (TPSA) is 108 Å². The Labute approximate surface area is 219 Å². The second-order valence-electron chi connectivity index (χ2n) is 10.9. The minimum Gasteiger partial charge on any atom is -0.392 e. The van der Waals surface area contributed by atoms with E-state index in [0.29, 0.717) is 6.42 Å². The summed E-state index contributed by atoms with van der Waals surface area (Å²) in [6.07, 6.45) is 4.05. The predicted molar refractivity (Wildman–Crippen MR) is 143 cm³/mol. The number of Topliss-reactive ketones (excluding diaryl/α,β-unsaturated/α-hetero) is 1. The summed E-state index contributed by atoms with van der Waals surface area (Å²) in [5.74, 6) is -2.45. The van der Waals surface area contributed by atoms with Crippen LogP contribution in [0.15, 0.2) is 23.1 Å². The van der Waals surface area contributed by atoms with Crippen LogP contribution in [0.1, 0.15) is 71.5 Å². The number of amides is 1. The summed E-state index contributed by atoms with van der Waals surface area (Å²) < 4.78 is 0. The van der Waals surface area contributed by atoms with E-state index in [4.69, 9.17) is 0 Å². The fraction of sp³-hybridized carbons (Fsp3) is 0.643. The van der Waals surface area contributed by atoms with Gasteiger partial charge in [-0.1, -0.05) is 40.7 Å². The highest BCUT2D eigenvalue weighted by Crippen LogP contribution is 2.32. The quantitative estimate of drug-likeness (QED) is 0.607. The summed E-state index contributed by atoms with van der Waals surface area (Å²) in [4.78, 5) is 45.5. The van der Waals surface area contributed by atoms with E-state index >= 15 is 0 Å². The molecule has 7 nitrogen and oxygen atoms in total. The Morgan fingerprint density at radius 2 is 1.78 bits per heavy atom. The van der Waals surface area contributed by atoms with Crippen LogP contribution in [0.2, 0.25) is 0 Å². The fourth-order valence-electron chi connectivity index (χ4n) is 4.68. The number of ketones is 2. The third-order valence-corrected chi connectivity index (χ3v) is 8.40. The molecule has 2 heterocycles. The van der Waals surface area contributed by atoms with Gasteiger partial charge in [-0.3, -0.25) is 14.4 Å². The molecule has 200 valence electrons. The third kappa shape index (κ3) is 7.20. The summed E-state index contributed by atoms with van der Waals surface area (Å²) >= 11 is 1.56. The molecule has 1 aromatic rings. The van der Waals surface area contributed by atoms with Crippen molar-refractivity contribution < 1.29 is 24.6 Å². The molecule has 0 fully saturated rings. The van der Waals surface area contributed by atoms with Gasteiger partial charge >= 0.3 is 0 Å². The van der Waals surface area contributed by atoms with Gasteiger partial charge in [0.1, 0.15) is 5.78 Å². The summed E-state index contributed by atoms with van der Waals surface area (Å²) in [6, 6.07) is -0.232. The van der Waals surface area contributed by atoms with E-state index in [-0.39, 0.29) is 35.9 Å². The van der Waals surface area contributed by atoms with E-state index in [0.717, 1.165) is 22.7 Å². The van der Waals surface area contributed by atoms with E-state index in [1.807, 2.05) is 38.3 Å². The zero-order chi connectivity index (χ0) is 27.4. The highest BCUT2D eigenvalue weighted by atomic mass is 32.1. The Hall–Kier alpha value is -2.16. The van der Waals surface area contributed by atoms with Crippen LogP contribution < -0.4 is 0 Å². The van der Waals surface area contributed by atoms with Gasteiger partial charge in [0.05, 0.1) is 40.8 Å². The number of thiazole rings is 1. The van der Waals surface area contributed by atoms with Crippen molar-refractivity contribution in [1.29, 1.82) is 0 Å². The lowest BCUT2D eigenvalue weighted by atomic mass is 9.73. The van der Waals surface area contributed by atoms with Gasteiger partial charge in [-0.05, 0) is 50.3 Å². The molecule has 2 rings (SSSR count). The van der Waals surface area contributed by atoms with E-state index in [2.05, 4.69) is 4.98 Å². The highest BCUT2D eigenvalue weighted by molar-refractivity contribution is 7.09. The van der Waals surface area contributed by atoms with Crippen molar-refractivity contribution in [2.75, 3.05) is 7.05 Å². The Kier molecular flexibility index (Phi) is 10.3. The molecule has 0 saturated carbocycles. The molecular weight excluding hydrogens is 476 g/mol. The van der Waals surface area contributed by atoms with E-state index < -0.39 is 29.5 Å². The van der Waals surface area contributed by atoms with Gasteiger partial charge in [-0.15, -0.1) is 11.3 Å². The molecular formula is C28H42N2O5S. The molecule has 1 aliphatic rings. The number of carbonyl (C=O) groups excluding carboxylic acids is 3. The maximum absolute atomic E-state index is 13.3. The van der Waals surface area contributed by atoms with Gasteiger partial charge in [-0.25, -0.2) is 4.98 Å². The standard InChI is InChI=1S/C28H42N2O5S/c1-16-9-11-22(17(2)13-21-15-36-20(5)29-21)30(8)25(33)14-24(32)28(6,7)27(35)19(4)26(34)18(3)23(31)12-10-16/h10,12-13,15-16,18-19,22,24,26,32,34H,9,11,14H2,1-8H3/b12-10-,17-13?. The van der Waals surface area contributed by atoms with Crippen LogP contribution in [0.3, 0.4) is 0 Å². The fourth-order valence-corrected chi connectivity index (χ4v) is 5.25. The van der Waals surface area contributed by atoms with Crippen LogP contribution >= 0.6 is 11.3 Å². The zero-order valence-electron chi connectivity index (χ0n) is 22.8. The number of hydrogen-bond acceptors (Lipinski definition) is 7. The molecule has 1 aromatic heterocycles. The number of aryl methyl sites for hydroxylation is 1. The lowest BCUT2D eigenvalue weighted by molar-refractivity contribution is -0.145. The first-order valence-corrected chi connectivity index (χ1v) is 13.5. The monoisotopic (exact) mass is 518 g/mol. The number of nitrogens with zero attached hydrogens (tertiary/aromatic N) is 2. The smallest absolute Gasteiger partial charge is 0.225 e. The second kappa shape index (κ2) is 12.4. The van der Waals surface area contributed by atoms with Gasteiger partial charge in [0.15, 0.2) is 5.78 Å². The number of rotatable bonds is 2. The number of aliphatic hydroxyl groups excluding tert-OH is 2. The number of allylic oxidation sites excluding steroid dienone is 2. The summed E-state index contributed by atoms with van der Waals surface area (Å²) in [7, 11) is 1.72. The first kappa shape index (κ1) is 30.1. The Morgan fingerprint density at radius 1 is 1.14 bits per heavy atom. The highest BCUT2D eigenvalue weighted by Gasteiger charge is 2.43. The number of likely N-dealkylation sites (N-methyl/N-ethyl adjacent to an activating group) is 1. The average Bonchev–Trinajstić information content (AvgIpc) is 3.23. The maximum Gasteiger partial charge on any atom is 0.225 e. The molecule has 36 heavy (non-hydrogen) atoms. The Balaban J connectivity index is 2.45. The van der Waals surface area contributed by atoms with Crippen molar-refractivity contribution in [3.8, 4) is 0 Å². The van der Waals surface area contributed by atoms with Crippen LogP contribution in [-0.2, 0) is 14.4 Å². The molecule has 0 aromatic carbocycles. The van der Waals surface area contributed by atoms with Crippen molar-refractivity contribution in [2.24, 2.45) is 23.2 Å². The van der Waals surface area contributed by atoms with Crippen molar-refractivity contribution in [3.05, 3.63) is 33.8 Å². The Morgan fingerprint density at radius 3 is 2.36 bits per heavy atom. The largest absolute Gasteiger partial charge is 0.392 e. The summed E-state index contributed by atoms with van der Waals surface area (Å²) in [6.45, 7) is 12.3. The first-order chi connectivity index (χ1) is 16.7. The van der Waals surface area contributed by atoms with Crippen LogP contribution in [0, 0.1) is 30.1 Å². The van der Waals surface area contributed by atoms with E-state index in [9.17, 15) is 24.6 Å². The Bertz CT molecular complexity index is 1010. The summed E-state index contributed by atoms with van der Waals surface area (Å²) in [5, 5.41) is 24.7. The van der Waals surface area contributed by atoms with Crippen molar-refractivity contribution in [2.45, 2.75) is 86.0 Å². The molecule has 6 unspecified atom stereocenters. The molecule has 0 saturated heterocycles. The van der Waals surface area contributed by atoms with Crippen molar-refractivity contribution in [3.63, 3.8) is 0 Å². The van der Waals surface area contributed by atoms with Crippen molar-refractivity contribution >= 4 is 34.9 Å². The van der Waals surface area contributed by atoms with Crippen LogP contribution in [0.5, 0.6) is 0 Å². The van der Waals surface area contributed by atoms with Gasteiger partial charge in [0.2, 0.25) is 5.91 Å². The van der Waals surface area contributed by atoms with Gasteiger partial charge in [0.25, 0.3) is 0 Å². The molecule has 2 N–H and O–H groups in total. The minimum absolute atomic E-state index is 0.0649. The third-order valence-electron chi connectivity index (χ3n) is 7.61. The molecule has 0 spiro atoms. The second-order valence-corrected chi connectivity index (χ2v) is 12.0. The SMILES string of the molecule is CC(=Cc1csc(C)n1)C1CCC(C)/C=C\C(=O)C(C)C(O)C(C)C(=O)C(C)(C)C(O)CC(=O)N1C.